The molecule has 1 N–H and O–H groups in total. The lowest BCUT2D eigenvalue weighted by Crippen LogP contribution is -2.46. The standard InChI is InChI=1S/C17H25FN2O2/c1-3-20(12-17(21)22)16-6-8-19(9-7-16)11-14-4-5-15(18)10-13(14)2/h4-5,10,16H,3,6-9,11-12H2,1-2H3,(H,21,22). The molecule has 0 amide bonds. The summed E-state index contributed by atoms with van der Waals surface area (Å²) in [6.45, 7) is 7.60. The second-order valence-corrected chi connectivity index (χ2v) is 6.03. The molecule has 122 valence electrons. The van der Waals surface area contributed by atoms with Crippen LogP contribution in [0.5, 0.6) is 0 Å². The minimum Gasteiger partial charge on any atom is -0.480 e. The van der Waals surface area contributed by atoms with Gasteiger partial charge in [0.25, 0.3) is 0 Å². The van der Waals surface area contributed by atoms with E-state index in [9.17, 15) is 9.18 Å². The quantitative estimate of drug-likeness (QED) is 0.877. The molecular weight excluding hydrogens is 283 g/mol. The smallest absolute Gasteiger partial charge is 0.317 e. The SMILES string of the molecule is CCN(CC(=O)O)C1CCN(Cc2ccc(F)cc2C)CC1. The van der Waals surface area contributed by atoms with Gasteiger partial charge in [-0.05, 0) is 62.7 Å². The van der Waals surface area contributed by atoms with Gasteiger partial charge in [0.15, 0.2) is 0 Å². The number of halogens is 1. The van der Waals surface area contributed by atoms with Crippen LogP contribution in [0.25, 0.3) is 0 Å². The molecule has 0 unspecified atom stereocenters. The van der Waals surface area contributed by atoms with Gasteiger partial charge in [0.2, 0.25) is 0 Å². The predicted molar refractivity (Wildman–Crippen MR) is 84.3 cm³/mol. The first-order valence-corrected chi connectivity index (χ1v) is 7.92. The zero-order chi connectivity index (χ0) is 16.1. The van der Waals surface area contributed by atoms with Gasteiger partial charge in [0.05, 0.1) is 6.54 Å². The van der Waals surface area contributed by atoms with Gasteiger partial charge < -0.3 is 5.11 Å². The third-order valence-corrected chi connectivity index (χ3v) is 4.52. The average Bonchev–Trinajstić information content (AvgIpc) is 2.48. The molecule has 4 nitrogen and oxygen atoms in total. The van der Waals surface area contributed by atoms with Gasteiger partial charge in [-0.15, -0.1) is 0 Å². The fourth-order valence-corrected chi connectivity index (χ4v) is 3.19. The molecule has 1 heterocycles. The summed E-state index contributed by atoms with van der Waals surface area (Å²) >= 11 is 0. The highest BCUT2D eigenvalue weighted by molar-refractivity contribution is 5.69. The third kappa shape index (κ3) is 4.52. The Morgan fingerprint density at radius 1 is 1.41 bits per heavy atom. The number of carbonyl (C=O) groups is 1. The van der Waals surface area contributed by atoms with Crippen LogP contribution in [0.1, 0.15) is 30.9 Å². The number of rotatable bonds is 6. The number of benzene rings is 1. The van der Waals surface area contributed by atoms with Crippen molar-refractivity contribution in [3.05, 3.63) is 35.1 Å². The van der Waals surface area contributed by atoms with Crippen molar-refractivity contribution in [2.24, 2.45) is 0 Å². The van der Waals surface area contributed by atoms with Crippen molar-refractivity contribution in [3.63, 3.8) is 0 Å². The number of likely N-dealkylation sites (N-methyl/N-ethyl adjacent to an activating group) is 1. The van der Waals surface area contributed by atoms with Crippen LogP contribution in [0, 0.1) is 12.7 Å². The van der Waals surface area contributed by atoms with Crippen LogP contribution in [0.15, 0.2) is 18.2 Å². The Kier molecular flexibility index (Phi) is 5.91. The van der Waals surface area contributed by atoms with Gasteiger partial charge >= 0.3 is 5.97 Å². The molecule has 1 fully saturated rings. The number of aliphatic carboxylic acids is 1. The normalized spacial score (nSPS) is 17.1. The van der Waals surface area contributed by atoms with Crippen LogP contribution < -0.4 is 0 Å². The lowest BCUT2D eigenvalue weighted by atomic mass is 10.0. The summed E-state index contributed by atoms with van der Waals surface area (Å²) in [6, 6.07) is 5.31. The number of nitrogens with zero attached hydrogens (tertiary/aromatic N) is 2. The minimum atomic E-state index is -0.758. The van der Waals surface area contributed by atoms with Crippen molar-refractivity contribution in [1.29, 1.82) is 0 Å². The topological polar surface area (TPSA) is 43.8 Å². The number of piperidine rings is 1. The minimum absolute atomic E-state index is 0.123. The molecule has 1 saturated heterocycles. The average molecular weight is 308 g/mol. The van der Waals surface area contributed by atoms with Crippen molar-refractivity contribution in [3.8, 4) is 0 Å². The largest absolute Gasteiger partial charge is 0.480 e. The van der Waals surface area contributed by atoms with Crippen molar-refractivity contribution < 1.29 is 14.3 Å². The summed E-state index contributed by atoms with van der Waals surface area (Å²) < 4.78 is 13.1. The lowest BCUT2D eigenvalue weighted by Gasteiger charge is -2.37. The van der Waals surface area contributed by atoms with Gasteiger partial charge in [0, 0.05) is 12.6 Å². The number of hydrogen-bond acceptors (Lipinski definition) is 3. The highest BCUT2D eigenvalue weighted by Gasteiger charge is 2.25. The fraction of sp³-hybridized carbons (Fsp3) is 0.588. The molecule has 22 heavy (non-hydrogen) atoms. The van der Waals surface area contributed by atoms with E-state index >= 15 is 0 Å². The first kappa shape index (κ1) is 16.9. The number of likely N-dealkylation sites (tertiary alicyclic amines) is 1. The Morgan fingerprint density at radius 3 is 2.64 bits per heavy atom. The van der Waals surface area contributed by atoms with Crippen molar-refractivity contribution >= 4 is 5.97 Å². The molecule has 5 heteroatoms. The Balaban J connectivity index is 1.87. The van der Waals surface area contributed by atoms with E-state index in [0.29, 0.717) is 6.04 Å². The highest BCUT2D eigenvalue weighted by atomic mass is 19.1. The van der Waals surface area contributed by atoms with Crippen LogP contribution in [-0.2, 0) is 11.3 Å². The fourth-order valence-electron chi connectivity index (χ4n) is 3.19. The number of carboxylic acid groups (broad SMARTS) is 1. The van der Waals surface area contributed by atoms with Crippen LogP contribution in [0.2, 0.25) is 0 Å². The molecule has 1 aromatic carbocycles. The van der Waals surface area contributed by atoms with Gasteiger partial charge in [-0.25, -0.2) is 4.39 Å². The van der Waals surface area contributed by atoms with Crippen molar-refractivity contribution in [2.45, 2.75) is 39.3 Å². The maximum atomic E-state index is 13.1. The Morgan fingerprint density at radius 2 is 2.09 bits per heavy atom. The highest BCUT2D eigenvalue weighted by Crippen LogP contribution is 2.20. The zero-order valence-electron chi connectivity index (χ0n) is 13.4. The first-order valence-electron chi connectivity index (χ1n) is 7.92. The van der Waals surface area contributed by atoms with Crippen LogP contribution in [0.3, 0.4) is 0 Å². The maximum Gasteiger partial charge on any atom is 0.317 e. The summed E-state index contributed by atoms with van der Waals surface area (Å²) in [6.07, 6.45) is 1.97. The molecule has 0 saturated carbocycles. The van der Waals surface area contributed by atoms with E-state index in [4.69, 9.17) is 5.11 Å². The molecule has 0 aromatic heterocycles. The monoisotopic (exact) mass is 308 g/mol. The van der Waals surface area contributed by atoms with E-state index in [1.54, 1.807) is 6.07 Å². The maximum absolute atomic E-state index is 13.1. The Bertz CT molecular complexity index is 513. The summed E-state index contributed by atoms with van der Waals surface area (Å²) in [5.41, 5.74) is 2.15. The molecule has 0 aliphatic carbocycles. The van der Waals surface area contributed by atoms with Crippen LogP contribution >= 0.6 is 0 Å². The van der Waals surface area contributed by atoms with Gasteiger partial charge in [0.1, 0.15) is 5.82 Å². The van der Waals surface area contributed by atoms with Gasteiger partial charge in [-0.2, -0.15) is 0 Å². The second kappa shape index (κ2) is 7.70. The van der Waals surface area contributed by atoms with E-state index < -0.39 is 5.97 Å². The van der Waals surface area contributed by atoms with E-state index in [2.05, 4.69) is 4.90 Å². The number of carboxylic acids is 1. The molecule has 0 atom stereocenters. The molecule has 0 bridgehead atoms. The van der Waals surface area contributed by atoms with E-state index in [-0.39, 0.29) is 12.4 Å². The van der Waals surface area contributed by atoms with Crippen LogP contribution in [-0.4, -0.2) is 53.1 Å². The van der Waals surface area contributed by atoms with E-state index in [1.807, 2.05) is 24.8 Å². The Hall–Kier alpha value is -1.46. The zero-order valence-corrected chi connectivity index (χ0v) is 13.4. The summed E-state index contributed by atoms with van der Waals surface area (Å²) in [5.74, 6) is -0.946. The molecular formula is C17H25FN2O2. The summed E-state index contributed by atoms with van der Waals surface area (Å²) in [7, 11) is 0. The molecule has 1 aliphatic heterocycles. The first-order chi connectivity index (χ1) is 10.5. The van der Waals surface area contributed by atoms with Gasteiger partial charge in [-0.3, -0.25) is 14.6 Å². The van der Waals surface area contributed by atoms with Gasteiger partial charge in [-0.1, -0.05) is 13.0 Å². The second-order valence-electron chi connectivity index (χ2n) is 6.03. The van der Waals surface area contributed by atoms with Crippen LogP contribution in [0.4, 0.5) is 4.39 Å². The van der Waals surface area contributed by atoms with Crippen molar-refractivity contribution in [1.82, 2.24) is 9.80 Å². The molecule has 1 aliphatic rings. The third-order valence-electron chi connectivity index (χ3n) is 4.52. The van der Waals surface area contributed by atoms with Crippen molar-refractivity contribution in [2.75, 3.05) is 26.2 Å². The lowest BCUT2D eigenvalue weighted by molar-refractivity contribution is -0.139. The molecule has 0 spiro atoms. The van der Waals surface area contributed by atoms with E-state index in [1.165, 1.54) is 6.07 Å². The number of aryl methyl sites for hydroxylation is 1. The predicted octanol–water partition coefficient (Wildman–Crippen LogP) is 2.51. The molecule has 0 radical (unpaired) electrons. The Labute approximate surface area is 131 Å². The molecule has 2 rings (SSSR count). The summed E-state index contributed by atoms with van der Waals surface area (Å²) in [4.78, 5) is 15.3. The van der Waals surface area contributed by atoms with E-state index in [0.717, 1.165) is 50.1 Å². The molecule has 1 aromatic rings. The summed E-state index contributed by atoms with van der Waals surface area (Å²) in [5, 5.41) is 8.96. The number of hydrogen-bond donors (Lipinski definition) is 1.